The van der Waals surface area contributed by atoms with Crippen molar-refractivity contribution < 1.29 is 9.53 Å². The second kappa shape index (κ2) is 9.11. The number of fused-ring (bicyclic) bond motifs is 1. The fourth-order valence-electron chi connectivity index (χ4n) is 3.73. The maximum atomic E-state index is 12.2. The molecule has 1 amide bonds. The summed E-state index contributed by atoms with van der Waals surface area (Å²) in [5.74, 6) is 1.68. The Morgan fingerprint density at radius 3 is 2.78 bits per heavy atom. The van der Waals surface area contributed by atoms with Crippen molar-refractivity contribution >= 4 is 17.6 Å². The van der Waals surface area contributed by atoms with Crippen LogP contribution in [0.15, 0.2) is 29.3 Å². The number of nitrogens with one attached hydrogen (secondary N) is 2. The quantitative estimate of drug-likeness (QED) is 0.418. The molecule has 0 aromatic heterocycles. The van der Waals surface area contributed by atoms with Crippen molar-refractivity contribution in [3.05, 3.63) is 24.3 Å². The molecule has 2 N–H and O–H groups in total. The first-order valence-corrected chi connectivity index (χ1v) is 10.2. The summed E-state index contributed by atoms with van der Waals surface area (Å²) in [6.45, 7) is 7.66. The normalized spacial score (nSPS) is 18.4. The van der Waals surface area contributed by atoms with Gasteiger partial charge in [-0.05, 0) is 50.2 Å². The van der Waals surface area contributed by atoms with Gasteiger partial charge in [0, 0.05) is 26.2 Å². The minimum atomic E-state index is 0.0177. The molecule has 0 radical (unpaired) electrons. The summed E-state index contributed by atoms with van der Waals surface area (Å²) in [6.07, 6.45) is 5.98. The maximum absolute atomic E-state index is 12.2. The van der Waals surface area contributed by atoms with Gasteiger partial charge in [0.1, 0.15) is 5.75 Å². The Morgan fingerprint density at radius 1 is 1.26 bits per heavy atom. The Bertz CT molecular complexity index is 664. The number of rotatable bonds is 8. The second-order valence-corrected chi connectivity index (χ2v) is 7.48. The van der Waals surface area contributed by atoms with E-state index in [1.807, 2.05) is 29.2 Å². The van der Waals surface area contributed by atoms with E-state index in [1.54, 1.807) is 0 Å². The van der Waals surface area contributed by atoms with Gasteiger partial charge in [0.2, 0.25) is 0 Å². The van der Waals surface area contributed by atoms with Crippen LogP contribution in [0, 0.1) is 5.41 Å². The van der Waals surface area contributed by atoms with E-state index >= 15 is 0 Å². The lowest BCUT2D eigenvalue weighted by Crippen LogP contribution is -2.42. The molecule has 1 saturated carbocycles. The molecule has 2 aliphatic rings. The summed E-state index contributed by atoms with van der Waals surface area (Å²) >= 11 is 0. The molecule has 1 aliphatic heterocycles. The molecule has 6 nitrogen and oxygen atoms in total. The fourth-order valence-corrected chi connectivity index (χ4v) is 3.73. The molecule has 27 heavy (non-hydrogen) atoms. The number of para-hydroxylation sites is 2. The van der Waals surface area contributed by atoms with Crippen LogP contribution in [0.2, 0.25) is 0 Å². The largest absolute Gasteiger partial charge is 0.482 e. The van der Waals surface area contributed by atoms with Crippen LogP contribution in [-0.2, 0) is 4.79 Å². The number of anilines is 1. The van der Waals surface area contributed by atoms with E-state index in [-0.39, 0.29) is 12.5 Å². The van der Waals surface area contributed by atoms with Crippen LogP contribution < -0.4 is 20.3 Å². The molecule has 1 aliphatic carbocycles. The molecule has 1 fully saturated rings. The van der Waals surface area contributed by atoms with E-state index in [0.717, 1.165) is 43.5 Å². The SMILES string of the molecule is CCNC(=NCC1(CC)CCC1)NCCCN1C(=O)COc2ccccc21. The summed E-state index contributed by atoms with van der Waals surface area (Å²) in [7, 11) is 0. The van der Waals surface area contributed by atoms with Gasteiger partial charge in [-0.25, -0.2) is 0 Å². The third-order valence-corrected chi connectivity index (χ3v) is 5.74. The number of aliphatic imine (C=N–C) groups is 1. The van der Waals surface area contributed by atoms with Crippen molar-refractivity contribution in [3.63, 3.8) is 0 Å². The monoisotopic (exact) mass is 372 g/mol. The van der Waals surface area contributed by atoms with Crippen LogP contribution in [0.5, 0.6) is 5.75 Å². The van der Waals surface area contributed by atoms with Crippen LogP contribution >= 0.6 is 0 Å². The highest BCUT2D eigenvalue weighted by Crippen LogP contribution is 2.43. The van der Waals surface area contributed by atoms with Crippen molar-refractivity contribution in [1.82, 2.24) is 10.6 Å². The third kappa shape index (κ3) is 4.73. The van der Waals surface area contributed by atoms with E-state index in [4.69, 9.17) is 9.73 Å². The van der Waals surface area contributed by atoms with Crippen molar-refractivity contribution in [2.24, 2.45) is 10.4 Å². The molecule has 3 rings (SSSR count). The zero-order valence-corrected chi connectivity index (χ0v) is 16.6. The summed E-state index contributed by atoms with van der Waals surface area (Å²) < 4.78 is 5.50. The maximum Gasteiger partial charge on any atom is 0.265 e. The smallest absolute Gasteiger partial charge is 0.265 e. The molecule has 0 bridgehead atoms. The van der Waals surface area contributed by atoms with Crippen LogP contribution in [-0.4, -0.2) is 44.7 Å². The average molecular weight is 373 g/mol. The molecule has 1 aromatic rings. The Hall–Kier alpha value is -2.24. The number of benzene rings is 1. The predicted molar refractivity (Wildman–Crippen MR) is 109 cm³/mol. The number of nitrogens with zero attached hydrogens (tertiary/aromatic N) is 2. The first-order valence-electron chi connectivity index (χ1n) is 10.2. The van der Waals surface area contributed by atoms with Crippen molar-refractivity contribution in [2.75, 3.05) is 37.7 Å². The van der Waals surface area contributed by atoms with Crippen LogP contribution in [0.25, 0.3) is 0 Å². The van der Waals surface area contributed by atoms with Gasteiger partial charge in [-0.1, -0.05) is 25.5 Å². The lowest BCUT2D eigenvalue weighted by atomic mass is 9.67. The summed E-state index contributed by atoms with van der Waals surface area (Å²) in [5.41, 5.74) is 1.29. The van der Waals surface area contributed by atoms with Crippen LogP contribution in [0.4, 0.5) is 5.69 Å². The lowest BCUT2D eigenvalue weighted by molar-refractivity contribution is -0.121. The van der Waals surface area contributed by atoms with Gasteiger partial charge in [-0.2, -0.15) is 0 Å². The Labute approximate surface area is 162 Å². The van der Waals surface area contributed by atoms with Crippen LogP contribution in [0.1, 0.15) is 46.0 Å². The van der Waals surface area contributed by atoms with Gasteiger partial charge in [-0.15, -0.1) is 0 Å². The highest BCUT2D eigenvalue weighted by molar-refractivity contribution is 5.97. The number of carbonyl (C=O) groups is 1. The molecule has 6 heteroatoms. The number of guanidine groups is 1. The number of amides is 1. The van der Waals surface area contributed by atoms with Crippen molar-refractivity contribution in [3.8, 4) is 5.75 Å². The molecule has 148 valence electrons. The summed E-state index contributed by atoms with van der Waals surface area (Å²) in [4.78, 5) is 18.8. The zero-order chi connectivity index (χ0) is 19.1. The van der Waals surface area contributed by atoms with E-state index in [2.05, 4.69) is 24.5 Å². The van der Waals surface area contributed by atoms with E-state index in [9.17, 15) is 4.79 Å². The predicted octanol–water partition coefficient (Wildman–Crippen LogP) is 2.94. The van der Waals surface area contributed by atoms with E-state index < -0.39 is 0 Å². The molecular weight excluding hydrogens is 340 g/mol. The average Bonchev–Trinajstić information content (AvgIpc) is 2.66. The van der Waals surface area contributed by atoms with Crippen LogP contribution in [0.3, 0.4) is 0 Å². The van der Waals surface area contributed by atoms with Crippen molar-refractivity contribution in [1.29, 1.82) is 0 Å². The molecule has 0 saturated heterocycles. The first-order chi connectivity index (χ1) is 13.2. The molecule has 0 spiro atoms. The Kier molecular flexibility index (Phi) is 6.58. The summed E-state index contributed by atoms with van der Waals surface area (Å²) in [6, 6.07) is 7.71. The van der Waals surface area contributed by atoms with Gasteiger partial charge in [0.15, 0.2) is 12.6 Å². The molecular formula is C21H32N4O2. The minimum absolute atomic E-state index is 0.0177. The Balaban J connectivity index is 1.50. The number of hydrogen-bond acceptors (Lipinski definition) is 3. The van der Waals surface area contributed by atoms with E-state index in [0.29, 0.717) is 12.0 Å². The topological polar surface area (TPSA) is 66.0 Å². The molecule has 1 aromatic carbocycles. The third-order valence-electron chi connectivity index (χ3n) is 5.74. The minimum Gasteiger partial charge on any atom is -0.482 e. The summed E-state index contributed by atoms with van der Waals surface area (Å²) in [5, 5.41) is 6.74. The van der Waals surface area contributed by atoms with Gasteiger partial charge < -0.3 is 20.3 Å². The Morgan fingerprint density at radius 2 is 2.07 bits per heavy atom. The van der Waals surface area contributed by atoms with Gasteiger partial charge in [-0.3, -0.25) is 9.79 Å². The van der Waals surface area contributed by atoms with Gasteiger partial charge in [0.05, 0.1) is 5.69 Å². The fraction of sp³-hybridized carbons (Fsp3) is 0.619. The van der Waals surface area contributed by atoms with Crippen molar-refractivity contribution in [2.45, 2.75) is 46.0 Å². The number of ether oxygens (including phenoxy) is 1. The second-order valence-electron chi connectivity index (χ2n) is 7.48. The number of carbonyl (C=O) groups excluding carboxylic acids is 1. The number of hydrogen-bond donors (Lipinski definition) is 2. The van der Waals surface area contributed by atoms with E-state index in [1.165, 1.54) is 25.7 Å². The highest BCUT2D eigenvalue weighted by atomic mass is 16.5. The standard InChI is InChI=1S/C21H32N4O2/c1-3-21(11-7-12-21)16-24-20(22-4-2)23-13-8-14-25-17-9-5-6-10-18(17)27-15-19(25)26/h5-6,9-10H,3-4,7-8,11-16H2,1-2H3,(H2,22,23,24). The molecule has 0 unspecified atom stereocenters. The molecule has 1 heterocycles. The first kappa shape index (κ1) is 19.5. The zero-order valence-electron chi connectivity index (χ0n) is 16.6. The molecule has 0 atom stereocenters. The van der Waals surface area contributed by atoms with Gasteiger partial charge in [0.25, 0.3) is 5.91 Å². The lowest BCUT2D eigenvalue weighted by Gasteiger charge is -2.40. The highest BCUT2D eigenvalue weighted by Gasteiger charge is 2.34. The van der Waals surface area contributed by atoms with Gasteiger partial charge >= 0.3 is 0 Å².